The van der Waals surface area contributed by atoms with Gasteiger partial charge in [-0.25, -0.2) is 4.79 Å². The molecular formula is C20H19Cl3N2O3S. The maximum Gasteiger partial charge on any atom is 0.411 e. The molecule has 1 fully saturated rings. The maximum atomic E-state index is 12.5. The Morgan fingerprint density at radius 3 is 2.59 bits per heavy atom. The lowest BCUT2D eigenvalue weighted by Gasteiger charge is -2.32. The van der Waals surface area contributed by atoms with Gasteiger partial charge in [0, 0.05) is 10.7 Å². The second-order valence-electron chi connectivity index (χ2n) is 6.43. The van der Waals surface area contributed by atoms with E-state index in [-0.39, 0.29) is 23.9 Å². The molecule has 2 aromatic rings. The van der Waals surface area contributed by atoms with E-state index in [1.165, 1.54) is 0 Å². The van der Waals surface area contributed by atoms with E-state index in [9.17, 15) is 9.59 Å². The number of hydrogen-bond acceptors (Lipinski definition) is 4. The second-order valence-corrected chi connectivity index (χ2v) is 8.75. The minimum Gasteiger partial charge on any atom is -0.447 e. The Labute approximate surface area is 188 Å². The van der Waals surface area contributed by atoms with Gasteiger partial charge in [0.05, 0.1) is 21.8 Å². The van der Waals surface area contributed by atoms with E-state index in [1.807, 2.05) is 19.1 Å². The number of hydrogen-bond donors (Lipinski definition) is 1. The fraction of sp³-hybridized carbons (Fsp3) is 0.300. The normalized spacial score (nSPS) is 17.3. The van der Waals surface area contributed by atoms with Crippen LogP contribution in [-0.2, 0) is 9.53 Å². The molecule has 1 N–H and O–H groups in total. The molecule has 2 amide bonds. The van der Waals surface area contributed by atoms with Gasteiger partial charge < -0.3 is 9.64 Å². The van der Waals surface area contributed by atoms with Gasteiger partial charge in [0.2, 0.25) is 5.91 Å². The molecule has 1 heterocycles. The summed E-state index contributed by atoms with van der Waals surface area (Å²) in [5, 5.41) is 3.86. The molecule has 0 aliphatic carbocycles. The van der Waals surface area contributed by atoms with Gasteiger partial charge >= 0.3 is 6.09 Å². The molecule has 0 saturated carbocycles. The number of thioether (sulfide) groups is 1. The van der Waals surface area contributed by atoms with Crippen LogP contribution in [0.15, 0.2) is 42.5 Å². The third-order valence-corrected chi connectivity index (χ3v) is 6.72. The van der Waals surface area contributed by atoms with Gasteiger partial charge in [-0.15, -0.1) is 11.8 Å². The molecule has 1 aliphatic heterocycles. The Balaban J connectivity index is 1.64. The fourth-order valence-corrected chi connectivity index (χ4v) is 4.68. The first-order valence-corrected chi connectivity index (χ1v) is 11.1. The van der Waals surface area contributed by atoms with Crippen LogP contribution < -0.4 is 5.32 Å². The minimum absolute atomic E-state index is 0.0234. The molecule has 0 spiro atoms. The van der Waals surface area contributed by atoms with Gasteiger partial charge in [-0.05, 0) is 42.3 Å². The Morgan fingerprint density at radius 2 is 1.93 bits per heavy atom. The quantitative estimate of drug-likeness (QED) is 0.539. The van der Waals surface area contributed by atoms with Gasteiger partial charge in [-0.3, -0.25) is 10.1 Å². The average molecular weight is 474 g/mol. The van der Waals surface area contributed by atoms with Crippen molar-refractivity contribution < 1.29 is 14.3 Å². The van der Waals surface area contributed by atoms with Crippen molar-refractivity contribution in [3.05, 3.63) is 63.1 Å². The maximum absolute atomic E-state index is 12.5. The van der Waals surface area contributed by atoms with E-state index in [0.29, 0.717) is 32.9 Å². The smallest absolute Gasteiger partial charge is 0.411 e. The van der Waals surface area contributed by atoms with Crippen LogP contribution in [0.1, 0.15) is 24.3 Å². The summed E-state index contributed by atoms with van der Waals surface area (Å²) >= 11 is 19.4. The van der Waals surface area contributed by atoms with Crippen LogP contribution in [0.4, 0.5) is 10.5 Å². The van der Waals surface area contributed by atoms with Crippen LogP contribution in [0, 0.1) is 0 Å². The number of nitrogens with one attached hydrogen (secondary N) is 1. The monoisotopic (exact) mass is 472 g/mol. The molecule has 0 bridgehead atoms. The van der Waals surface area contributed by atoms with Crippen molar-refractivity contribution >= 4 is 64.3 Å². The number of ether oxygens (including phenoxy) is 1. The van der Waals surface area contributed by atoms with Crippen molar-refractivity contribution in [3.8, 4) is 0 Å². The highest BCUT2D eigenvalue weighted by Crippen LogP contribution is 2.40. The first-order chi connectivity index (χ1) is 13.9. The SMILES string of the molecule is CC[C@H](COC(=O)Nc1ccc(Cl)c(Cl)c1)N1C(=O)CS[C@H]1c1ccc(Cl)cc1. The number of carbonyl (C=O) groups excluding carboxylic acids is 2. The van der Waals surface area contributed by atoms with Gasteiger partial charge in [-0.1, -0.05) is 53.9 Å². The number of amides is 2. The van der Waals surface area contributed by atoms with E-state index in [4.69, 9.17) is 39.5 Å². The summed E-state index contributed by atoms with van der Waals surface area (Å²) in [5.74, 6) is 0.412. The molecule has 9 heteroatoms. The fourth-order valence-electron chi connectivity index (χ4n) is 3.01. The lowest BCUT2D eigenvalue weighted by Crippen LogP contribution is -2.41. The summed E-state index contributed by atoms with van der Waals surface area (Å²) in [6.07, 6.45) is 0.0281. The second kappa shape index (κ2) is 9.94. The van der Waals surface area contributed by atoms with Crippen LogP contribution in [0.25, 0.3) is 0 Å². The largest absolute Gasteiger partial charge is 0.447 e. The number of halogens is 3. The molecule has 1 saturated heterocycles. The van der Waals surface area contributed by atoms with Crippen LogP contribution in [0.2, 0.25) is 15.1 Å². The lowest BCUT2D eigenvalue weighted by atomic mass is 10.1. The number of carbonyl (C=O) groups is 2. The van der Waals surface area contributed by atoms with Crippen LogP contribution >= 0.6 is 46.6 Å². The standard InChI is InChI=1S/C20H19Cl3N2O3S/c1-2-15(10-28-20(27)24-14-7-8-16(22)17(23)9-14)25-18(26)11-29-19(25)12-3-5-13(21)6-4-12/h3-9,15,19H,2,10-11H2,1H3,(H,24,27)/t15-,19+/m1/s1. The Morgan fingerprint density at radius 1 is 1.21 bits per heavy atom. The topological polar surface area (TPSA) is 58.6 Å². The molecule has 1 aliphatic rings. The summed E-state index contributed by atoms with van der Waals surface area (Å²) in [4.78, 5) is 26.5. The van der Waals surface area contributed by atoms with Crippen molar-refractivity contribution in [1.29, 1.82) is 0 Å². The van der Waals surface area contributed by atoms with Crippen molar-refractivity contribution in [1.82, 2.24) is 4.90 Å². The summed E-state index contributed by atoms with van der Waals surface area (Å²) in [7, 11) is 0. The number of anilines is 1. The summed E-state index contributed by atoms with van der Waals surface area (Å²) in [6, 6.07) is 12.0. The Kier molecular flexibility index (Phi) is 7.57. The molecule has 3 rings (SSSR count). The van der Waals surface area contributed by atoms with Crippen molar-refractivity contribution in [2.45, 2.75) is 24.8 Å². The molecule has 0 radical (unpaired) electrons. The highest BCUT2D eigenvalue weighted by Gasteiger charge is 2.37. The molecule has 0 unspecified atom stereocenters. The van der Waals surface area contributed by atoms with Crippen molar-refractivity contribution in [3.63, 3.8) is 0 Å². The zero-order valence-electron chi connectivity index (χ0n) is 15.5. The van der Waals surface area contributed by atoms with Crippen LogP contribution in [0.3, 0.4) is 0 Å². The van der Waals surface area contributed by atoms with Gasteiger partial charge in [0.1, 0.15) is 12.0 Å². The number of nitrogens with zero attached hydrogens (tertiary/aromatic N) is 1. The molecule has 154 valence electrons. The molecule has 29 heavy (non-hydrogen) atoms. The highest BCUT2D eigenvalue weighted by molar-refractivity contribution is 8.00. The van der Waals surface area contributed by atoms with Crippen LogP contribution in [-0.4, -0.2) is 35.3 Å². The third kappa shape index (κ3) is 5.51. The van der Waals surface area contributed by atoms with Crippen molar-refractivity contribution in [2.24, 2.45) is 0 Å². The van der Waals surface area contributed by atoms with Crippen molar-refractivity contribution in [2.75, 3.05) is 17.7 Å². The highest BCUT2D eigenvalue weighted by atomic mass is 35.5. The molecule has 0 aromatic heterocycles. The predicted octanol–water partition coefficient (Wildman–Crippen LogP) is 6.25. The predicted molar refractivity (Wildman–Crippen MR) is 119 cm³/mol. The van der Waals surface area contributed by atoms with Gasteiger partial charge in [0.25, 0.3) is 0 Å². The number of rotatable bonds is 6. The third-order valence-electron chi connectivity index (χ3n) is 4.50. The van der Waals surface area contributed by atoms with E-state index >= 15 is 0 Å². The van der Waals surface area contributed by atoms with Gasteiger partial charge in [-0.2, -0.15) is 0 Å². The summed E-state index contributed by atoms with van der Waals surface area (Å²) in [5.41, 5.74) is 1.47. The summed E-state index contributed by atoms with van der Waals surface area (Å²) < 4.78 is 5.38. The Bertz CT molecular complexity index is 895. The first kappa shape index (κ1) is 22.1. The van der Waals surface area contributed by atoms with E-state index in [0.717, 1.165) is 5.56 Å². The molecule has 5 nitrogen and oxygen atoms in total. The molecule has 2 atom stereocenters. The average Bonchev–Trinajstić information content (AvgIpc) is 3.07. The minimum atomic E-state index is -0.621. The van der Waals surface area contributed by atoms with E-state index in [2.05, 4.69) is 5.32 Å². The number of benzene rings is 2. The first-order valence-electron chi connectivity index (χ1n) is 8.96. The Hall–Kier alpha value is -1.60. The van der Waals surface area contributed by atoms with Gasteiger partial charge in [0.15, 0.2) is 0 Å². The van der Waals surface area contributed by atoms with E-state index in [1.54, 1.807) is 47.0 Å². The lowest BCUT2D eigenvalue weighted by molar-refractivity contribution is -0.131. The zero-order valence-corrected chi connectivity index (χ0v) is 18.6. The van der Waals surface area contributed by atoms with Crippen LogP contribution in [0.5, 0.6) is 0 Å². The molecule has 2 aromatic carbocycles. The zero-order chi connectivity index (χ0) is 21.0. The van der Waals surface area contributed by atoms with E-state index < -0.39 is 6.09 Å². The summed E-state index contributed by atoms with van der Waals surface area (Å²) in [6.45, 7) is 2.04. The molecular weight excluding hydrogens is 455 g/mol.